The summed E-state index contributed by atoms with van der Waals surface area (Å²) in [6.45, 7) is 7.94. The molecule has 0 aromatic carbocycles. The maximum Gasteiger partial charge on any atom is 0.0223 e. The number of likely N-dealkylation sites (N-methyl/N-ethyl adjacent to an activating group) is 1. The molecule has 2 unspecified atom stereocenters. The maximum atomic E-state index is 6.06. The van der Waals surface area contributed by atoms with E-state index in [1.54, 1.807) is 0 Å². The molecular weight excluding hydrogens is 198 g/mol. The molecule has 2 aliphatic heterocycles. The summed E-state index contributed by atoms with van der Waals surface area (Å²) < 4.78 is 0. The molecule has 3 heteroatoms. The largest absolute Gasteiger partial charge is 0.326 e. The second kappa shape index (κ2) is 4.63. The van der Waals surface area contributed by atoms with Gasteiger partial charge in [0.25, 0.3) is 0 Å². The lowest BCUT2D eigenvalue weighted by Crippen LogP contribution is -2.41. The highest BCUT2D eigenvalue weighted by atomic mass is 15.3. The Bertz CT molecular complexity index is 234. The van der Waals surface area contributed by atoms with Crippen LogP contribution in [0.2, 0.25) is 0 Å². The van der Waals surface area contributed by atoms with Crippen LogP contribution in [0.4, 0.5) is 0 Å². The van der Waals surface area contributed by atoms with Crippen molar-refractivity contribution >= 4 is 0 Å². The van der Waals surface area contributed by atoms with E-state index in [0.717, 1.165) is 18.5 Å². The summed E-state index contributed by atoms with van der Waals surface area (Å²) in [6.07, 6.45) is 5.26. The number of fused-ring (bicyclic) bond motifs is 2. The van der Waals surface area contributed by atoms with Crippen LogP contribution in [0.15, 0.2) is 0 Å². The van der Waals surface area contributed by atoms with Gasteiger partial charge in [-0.2, -0.15) is 0 Å². The van der Waals surface area contributed by atoms with Crippen molar-refractivity contribution in [2.75, 3.05) is 26.7 Å². The van der Waals surface area contributed by atoms with E-state index in [9.17, 15) is 0 Å². The predicted molar refractivity (Wildman–Crippen MR) is 68.5 cm³/mol. The third kappa shape index (κ3) is 2.96. The van der Waals surface area contributed by atoms with Crippen LogP contribution in [0.5, 0.6) is 0 Å². The van der Waals surface area contributed by atoms with Crippen molar-refractivity contribution in [2.45, 2.75) is 57.2 Å². The highest BCUT2D eigenvalue weighted by Gasteiger charge is 2.34. The van der Waals surface area contributed by atoms with E-state index in [-0.39, 0.29) is 5.54 Å². The summed E-state index contributed by atoms with van der Waals surface area (Å²) in [5.74, 6) is 0. The topological polar surface area (TPSA) is 32.5 Å². The minimum Gasteiger partial charge on any atom is -0.326 e. The van der Waals surface area contributed by atoms with Crippen LogP contribution in [-0.4, -0.2) is 54.1 Å². The lowest BCUT2D eigenvalue weighted by atomic mass is 10.0. The third-order valence-electron chi connectivity index (χ3n) is 4.30. The highest BCUT2D eigenvalue weighted by Crippen LogP contribution is 2.28. The average molecular weight is 225 g/mol. The molecule has 2 bridgehead atoms. The fraction of sp³-hybridized carbons (Fsp3) is 1.00. The monoisotopic (exact) mass is 225 g/mol. The molecule has 0 spiro atoms. The van der Waals surface area contributed by atoms with Gasteiger partial charge < -0.3 is 10.6 Å². The molecule has 2 saturated heterocycles. The van der Waals surface area contributed by atoms with Gasteiger partial charge in [-0.25, -0.2) is 0 Å². The van der Waals surface area contributed by atoms with Gasteiger partial charge >= 0.3 is 0 Å². The van der Waals surface area contributed by atoms with Gasteiger partial charge in [-0.3, -0.25) is 4.90 Å². The molecule has 2 N–H and O–H groups in total. The van der Waals surface area contributed by atoms with Crippen LogP contribution in [-0.2, 0) is 0 Å². The lowest BCUT2D eigenvalue weighted by molar-refractivity contribution is 0.209. The molecule has 16 heavy (non-hydrogen) atoms. The SMILES string of the molecule is CN1C2CCC1CN(CCC(C)(C)N)CC2. The third-order valence-corrected chi connectivity index (χ3v) is 4.30. The van der Waals surface area contributed by atoms with E-state index >= 15 is 0 Å². The van der Waals surface area contributed by atoms with E-state index in [0.29, 0.717) is 0 Å². The van der Waals surface area contributed by atoms with Gasteiger partial charge in [-0.05, 0) is 59.7 Å². The molecule has 0 amide bonds. The fourth-order valence-electron chi connectivity index (χ4n) is 3.03. The van der Waals surface area contributed by atoms with Crippen molar-refractivity contribution in [3.63, 3.8) is 0 Å². The van der Waals surface area contributed by atoms with Gasteiger partial charge in [-0.15, -0.1) is 0 Å². The van der Waals surface area contributed by atoms with Crippen molar-refractivity contribution < 1.29 is 0 Å². The first-order chi connectivity index (χ1) is 7.46. The molecule has 0 aliphatic carbocycles. The van der Waals surface area contributed by atoms with E-state index in [1.165, 1.54) is 38.9 Å². The molecule has 3 nitrogen and oxygen atoms in total. The summed E-state index contributed by atoms with van der Waals surface area (Å²) in [4.78, 5) is 5.22. The molecule has 2 heterocycles. The zero-order chi connectivity index (χ0) is 11.8. The zero-order valence-corrected chi connectivity index (χ0v) is 11.1. The number of rotatable bonds is 3. The van der Waals surface area contributed by atoms with Gasteiger partial charge in [0.05, 0.1) is 0 Å². The second-order valence-electron chi connectivity index (χ2n) is 6.38. The first kappa shape index (κ1) is 12.3. The van der Waals surface area contributed by atoms with Crippen LogP contribution >= 0.6 is 0 Å². The molecule has 2 aliphatic rings. The Balaban J connectivity index is 1.84. The van der Waals surface area contributed by atoms with Crippen LogP contribution in [0.1, 0.15) is 39.5 Å². The standard InChI is InChI=1S/C13H27N3/c1-13(2,14)7-9-16-8-6-11-4-5-12(10-16)15(11)3/h11-12H,4-10,14H2,1-3H3. The normalized spacial score (nSPS) is 33.0. The minimum atomic E-state index is -0.0166. The summed E-state index contributed by atoms with van der Waals surface area (Å²) in [5.41, 5.74) is 6.04. The smallest absolute Gasteiger partial charge is 0.0223 e. The van der Waals surface area contributed by atoms with Gasteiger partial charge in [0.1, 0.15) is 0 Å². The van der Waals surface area contributed by atoms with Crippen molar-refractivity contribution in [1.29, 1.82) is 0 Å². The lowest BCUT2D eigenvalue weighted by Gasteiger charge is -2.28. The molecule has 94 valence electrons. The van der Waals surface area contributed by atoms with Gasteiger partial charge in [0.15, 0.2) is 0 Å². The Labute approximate surface area is 100.0 Å². The molecule has 0 aromatic rings. The number of likely N-dealkylation sites (tertiary alicyclic amines) is 1. The molecule has 0 radical (unpaired) electrons. The van der Waals surface area contributed by atoms with Gasteiger partial charge in [0.2, 0.25) is 0 Å². The number of nitrogens with zero attached hydrogens (tertiary/aromatic N) is 2. The Morgan fingerprint density at radius 2 is 1.88 bits per heavy atom. The Kier molecular flexibility index (Phi) is 3.57. The van der Waals surface area contributed by atoms with Crippen LogP contribution in [0.25, 0.3) is 0 Å². The van der Waals surface area contributed by atoms with Crippen molar-refractivity contribution in [2.24, 2.45) is 5.73 Å². The number of hydrogen-bond donors (Lipinski definition) is 1. The molecule has 2 rings (SSSR count). The zero-order valence-electron chi connectivity index (χ0n) is 11.1. The van der Waals surface area contributed by atoms with Crippen molar-refractivity contribution in [3.8, 4) is 0 Å². The number of nitrogens with two attached hydrogens (primary N) is 1. The predicted octanol–water partition coefficient (Wildman–Crippen LogP) is 1.28. The Morgan fingerprint density at radius 3 is 2.56 bits per heavy atom. The van der Waals surface area contributed by atoms with E-state index < -0.39 is 0 Å². The second-order valence-corrected chi connectivity index (χ2v) is 6.38. The molecule has 0 saturated carbocycles. The molecule has 2 atom stereocenters. The fourth-order valence-corrected chi connectivity index (χ4v) is 3.03. The van der Waals surface area contributed by atoms with Crippen LogP contribution in [0, 0.1) is 0 Å². The minimum absolute atomic E-state index is 0.0166. The summed E-state index contributed by atoms with van der Waals surface area (Å²) >= 11 is 0. The molecule has 0 aromatic heterocycles. The quantitative estimate of drug-likeness (QED) is 0.785. The van der Waals surface area contributed by atoms with E-state index in [2.05, 4.69) is 30.7 Å². The first-order valence-electron chi connectivity index (χ1n) is 6.69. The van der Waals surface area contributed by atoms with E-state index in [1.807, 2.05) is 0 Å². The Morgan fingerprint density at radius 1 is 1.19 bits per heavy atom. The van der Waals surface area contributed by atoms with Gasteiger partial charge in [0, 0.05) is 24.2 Å². The van der Waals surface area contributed by atoms with Crippen LogP contribution in [0.3, 0.4) is 0 Å². The van der Waals surface area contributed by atoms with Crippen molar-refractivity contribution in [3.05, 3.63) is 0 Å². The van der Waals surface area contributed by atoms with Crippen molar-refractivity contribution in [1.82, 2.24) is 9.80 Å². The van der Waals surface area contributed by atoms with Crippen LogP contribution < -0.4 is 5.73 Å². The first-order valence-corrected chi connectivity index (χ1v) is 6.69. The average Bonchev–Trinajstić information content (AvgIpc) is 2.38. The molecule has 2 fully saturated rings. The Hall–Kier alpha value is -0.120. The highest BCUT2D eigenvalue weighted by molar-refractivity contribution is 4.91. The van der Waals surface area contributed by atoms with Gasteiger partial charge in [-0.1, -0.05) is 0 Å². The molecular formula is C13H27N3. The number of hydrogen-bond acceptors (Lipinski definition) is 3. The maximum absolute atomic E-state index is 6.06. The summed E-state index contributed by atoms with van der Waals surface area (Å²) in [7, 11) is 2.30. The summed E-state index contributed by atoms with van der Waals surface area (Å²) in [6, 6.07) is 1.65. The van der Waals surface area contributed by atoms with E-state index in [4.69, 9.17) is 5.73 Å². The summed E-state index contributed by atoms with van der Waals surface area (Å²) in [5, 5.41) is 0.